The van der Waals surface area contributed by atoms with Crippen LogP contribution in [0, 0.1) is 0 Å². The maximum absolute atomic E-state index is 10.2. The SMILES string of the molecule is [K+].[O-]CC1=CCCCC1. The van der Waals surface area contributed by atoms with Crippen LogP contribution in [0.2, 0.25) is 0 Å². The van der Waals surface area contributed by atoms with Crippen molar-refractivity contribution >= 4 is 0 Å². The molecule has 0 fully saturated rings. The number of allylic oxidation sites excluding steroid dienone is 1. The topological polar surface area (TPSA) is 23.1 Å². The summed E-state index contributed by atoms with van der Waals surface area (Å²) >= 11 is 0. The van der Waals surface area contributed by atoms with E-state index in [4.69, 9.17) is 0 Å². The van der Waals surface area contributed by atoms with Gasteiger partial charge in [-0.05, 0) is 25.7 Å². The van der Waals surface area contributed by atoms with Crippen LogP contribution in [-0.4, -0.2) is 6.61 Å². The van der Waals surface area contributed by atoms with Gasteiger partial charge in [-0.15, -0.1) is 6.61 Å². The Morgan fingerprint density at radius 1 is 1.44 bits per heavy atom. The van der Waals surface area contributed by atoms with Gasteiger partial charge in [0.15, 0.2) is 0 Å². The molecule has 0 aromatic carbocycles. The molecule has 0 saturated carbocycles. The minimum atomic E-state index is 0. The Morgan fingerprint density at radius 3 is 2.56 bits per heavy atom. The van der Waals surface area contributed by atoms with Gasteiger partial charge in [-0.25, -0.2) is 0 Å². The average molecular weight is 150 g/mol. The third-order valence-electron chi connectivity index (χ3n) is 1.57. The molecule has 0 saturated heterocycles. The van der Waals surface area contributed by atoms with Gasteiger partial charge in [-0.2, -0.15) is 0 Å². The molecule has 0 amide bonds. The number of hydrogen-bond acceptors (Lipinski definition) is 1. The van der Waals surface area contributed by atoms with Crippen molar-refractivity contribution in [1.82, 2.24) is 0 Å². The Labute approximate surface area is 99.0 Å². The molecule has 0 unspecified atom stereocenters. The summed E-state index contributed by atoms with van der Waals surface area (Å²) < 4.78 is 0. The first kappa shape index (κ1) is 10.3. The van der Waals surface area contributed by atoms with Crippen LogP contribution in [0.15, 0.2) is 11.6 Å². The van der Waals surface area contributed by atoms with Gasteiger partial charge in [-0.1, -0.05) is 11.6 Å². The molecule has 1 aliphatic carbocycles. The summed E-state index contributed by atoms with van der Waals surface area (Å²) in [5.41, 5.74) is 1.12. The Balaban J connectivity index is 0.000000640. The molecular formula is C7H11KO. The largest absolute Gasteiger partial charge is 1.00 e. The van der Waals surface area contributed by atoms with Crippen molar-refractivity contribution in [3.63, 3.8) is 0 Å². The van der Waals surface area contributed by atoms with E-state index in [1.54, 1.807) is 0 Å². The van der Waals surface area contributed by atoms with Gasteiger partial charge in [-0.3, -0.25) is 0 Å². The van der Waals surface area contributed by atoms with Gasteiger partial charge in [0.1, 0.15) is 0 Å². The average Bonchev–Trinajstić information content (AvgIpc) is 1.90. The van der Waals surface area contributed by atoms with Crippen molar-refractivity contribution in [2.45, 2.75) is 25.7 Å². The second-order valence-electron chi connectivity index (χ2n) is 2.25. The van der Waals surface area contributed by atoms with Crippen molar-refractivity contribution in [2.24, 2.45) is 0 Å². The molecule has 0 atom stereocenters. The molecule has 0 aromatic rings. The zero-order chi connectivity index (χ0) is 5.82. The Morgan fingerprint density at radius 2 is 2.22 bits per heavy atom. The van der Waals surface area contributed by atoms with Crippen molar-refractivity contribution in [3.05, 3.63) is 11.6 Å². The van der Waals surface area contributed by atoms with Crippen LogP contribution in [-0.2, 0) is 0 Å². The van der Waals surface area contributed by atoms with E-state index in [1.165, 1.54) is 12.8 Å². The Hall–Kier alpha value is 1.34. The molecule has 0 radical (unpaired) electrons. The standard InChI is InChI=1S/C7H11O.K/c8-6-7-4-2-1-3-5-7;/h4H,1-3,5-6H2;/q-1;+1. The molecule has 0 bridgehead atoms. The van der Waals surface area contributed by atoms with E-state index < -0.39 is 0 Å². The second-order valence-corrected chi connectivity index (χ2v) is 2.25. The molecular weight excluding hydrogens is 139 g/mol. The van der Waals surface area contributed by atoms with Crippen LogP contribution in [0.4, 0.5) is 0 Å². The summed E-state index contributed by atoms with van der Waals surface area (Å²) in [6.07, 6.45) is 6.80. The van der Waals surface area contributed by atoms with Gasteiger partial charge in [0.25, 0.3) is 0 Å². The van der Waals surface area contributed by atoms with Crippen molar-refractivity contribution < 1.29 is 56.5 Å². The van der Waals surface area contributed by atoms with Gasteiger partial charge in [0, 0.05) is 0 Å². The summed E-state index contributed by atoms with van der Waals surface area (Å²) in [6.45, 7) is 0.0278. The van der Waals surface area contributed by atoms with Crippen LogP contribution in [0.3, 0.4) is 0 Å². The maximum Gasteiger partial charge on any atom is 1.00 e. The van der Waals surface area contributed by atoms with Crippen molar-refractivity contribution in [3.8, 4) is 0 Å². The summed E-state index contributed by atoms with van der Waals surface area (Å²) in [5.74, 6) is 0. The summed E-state index contributed by atoms with van der Waals surface area (Å²) in [7, 11) is 0. The first-order valence-electron chi connectivity index (χ1n) is 3.19. The summed E-state index contributed by atoms with van der Waals surface area (Å²) in [4.78, 5) is 0. The third kappa shape index (κ3) is 3.91. The van der Waals surface area contributed by atoms with E-state index in [2.05, 4.69) is 6.08 Å². The summed E-state index contributed by atoms with van der Waals surface area (Å²) in [5, 5.41) is 10.2. The van der Waals surface area contributed by atoms with Crippen LogP contribution in [0.25, 0.3) is 0 Å². The first-order valence-corrected chi connectivity index (χ1v) is 3.19. The zero-order valence-electron chi connectivity index (χ0n) is 6.02. The minimum absolute atomic E-state index is 0. The number of rotatable bonds is 1. The maximum atomic E-state index is 10.2. The molecule has 0 spiro atoms. The molecule has 0 aliphatic heterocycles. The molecule has 0 aromatic heterocycles. The quantitative estimate of drug-likeness (QED) is 0.309. The predicted molar refractivity (Wildman–Crippen MR) is 31.4 cm³/mol. The van der Waals surface area contributed by atoms with Crippen LogP contribution in [0.5, 0.6) is 0 Å². The van der Waals surface area contributed by atoms with Crippen molar-refractivity contribution in [2.75, 3.05) is 6.61 Å². The van der Waals surface area contributed by atoms with Gasteiger partial charge < -0.3 is 5.11 Å². The molecule has 0 N–H and O–H groups in total. The van der Waals surface area contributed by atoms with E-state index in [9.17, 15) is 5.11 Å². The fourth-order valence-electron chi connectivity index (χ4n) is 1.04. The van der Waals surface area contributed by atoms with Crippen molar-refractivity contribution in [1.29, 1.82) is 0 Å². The summed E-state index contributed by atoms with van der Waals surface area (Å²) in [6, 6.07) is 0. The Kier molecular flexibility index (Phi) is 6.97. The number of hydrogen-bond donors (Lipinski definition) is 0. The monoisotopic (exact) mass is 150 g/mol. The van der Waals surface area contributed by atoms with Gasteiger partial charge >= 0.3 is 51.4 Å². The van der Waals surface area contributed by atoms with E-state index in [0.29, 0.717) is 0 Å². The van der Waals surface area contributed by atoms with E-state index in [1.807, 2.05) is 0 Å². The molecule has 46 valence electrons. The Bertz CT molecular complexity index is 99.1. The zero-order valence-corrected chi connectivity index (χ0v) is 9.14. The molecule has 1 rings (SSSR count). The minimum Gasteiger partial charge on any atom is -0.851 e. The van der Waals surface area contributed by atoms with Gasteiger partial charge in [0.05, 0.1) is 0 Å². The normalized spacial score (nSPS) is 18.1. The van der Waals surface area contributed by atoms with E-state index in [0.717, 1.165) is 18.4 Å². The fraction of sp³-hybridized carbons (Fsp3) is 0.714. The van der Waals surface area contributed by atoms with Crippen LogP contribution < -0.4 is 56.5 Å². The van der Waals surface area contributed by atoms with Crippen LogP contribution in [0.1, 0.15) is 25.7 Å². The molecule has 1 nitrogen and oxygen atoms in total. The first-order chi connectivity index (χ1) is 3.93. The predicted octanol–water partition coefficient (Wildman–Crippen LogP) is -2.15. The van der Waals surface area contributed by atoms with Crippen LogP contribution >= 0.6 is 0 Å². The van der Waals surface area contributed by atoms with Gasteiger partial charge in [0.2, 0.25) is 0 Å². The fourth-order valence-corrected chi connectivity index (χ4v) is 1.04. The molecule has 0 heterocycles. The molecule has 2 heteroatoms. The third-order valence-corrected chi connectivity index (χ3v) is 1.57. The smallest absolute Gasteiger partial charge is 0.851 e. The molecule has 1 aliphatic rings. The van der Waals surface area contributed by atoms with E-state index >= 15 is 0 Å². The second kappa shape index (κ2) is 6.07. The molecule has 9 heavy (non-hydrogen) atoms. The van der Waals surface area contributed by atoms with E-state index in [-0.39, 0.29) is 58.0 Å².